The van der Waals surface area contributed by atoms with E-state index in [9.17, 15) is 9.59 Å². The highest BCUT2D eigenvalue weighted by Crippen LogP contribution is 2.40. The van der Waals surface area contributed by atoms with Crippen LogP contribution in [0, 0.1) is 0 Å². The lowest BCUT2D eigenvalue weighted by atomic mass is 9.84. The van der Waals surface area contributed by atoms with Crippen molar-refractivity contribution in [2.75, 3.05) is 19.7 Å². The van der Waals surface area contributed by atoms with Crippen LogP contribution >= 0.6 is 11.3 Å². The Balaban J connectivity index is 1.31. The Kier molecular flexibility index (Phi) is 3.87. The van der Waals surface area contributed by atoms with Crippen LogP contribution in [0.3, 0.4) is 0 Å². The predicted molar refractivity (Wildman–Crippen MR) is 99.6 cm³/mol. The fourth-order valence-electron chi connectivity index (χ4n) is 4.07. The van der Waals surface area contributed by atoms with Crippen molar-refractivity contribution in [1.29, 1.82) is 0 Å². The minimum atomic E-state index is -0.366. The van der Waals surface area contributed by atoms with Crippen LogP contribution < -0.4 is 5.56 Å². The van der Waals surface area contributed by atoms with Gasteiger partial charge in [-0.3, -0.25) is 19.3 Å². The predicted octanol–water partition coefficient (Wildman–Crippen LogP) is 1.27. The van der Waals surface area contributed by atoms with Crippen LogP contribution in [0.15, 0.2) is 28.8 Å². The van der Waals surface area contributed by atoms with Gasteiger partial charge in [-0.15, -0.1) is 11.3 Å². The van der Waals surface area contributed by atoms with Gasteiger partial charge in [0.25, 0.3) is 5.56 Å². The number of carbonyl (C=O) groups is 1. The van der Waals surface area contributed by atoms with Crippen molar-refractivity contribution >= 4 is 27.5 Å². The summed E-state index contributed by atoms with van der Waals surface area (Å²) in [6.45, 7) is 1.90. The van der Waals surface area contributed by atoms with E-state index in [1.807, 2.05) is 22.5 Å². The fourth-order valence-corrected chi connectivity index (χ4v) is 4.87. The second-order valence-electron chi connectivity index (χ2n) is 7.06. The Hall–Kier alpha value is -2.52. The molecule has 2 aliphatic heterocycles. The highest BCUT2D eigenvalue weighted by molar-refractivity contribution is 7.17. The summed E-state index contributed by atoms with van der Waals surface area (Å²) in [6.07, 6.45) is 5.66. The summed E-state index contributed by atoms with van der Waals surface area (Å²) >= 11 is 1.35. The number of H-pyrrole nitrogens is 1. The van der Waals surface area contributed by atoms with E-state index < -0.39 is 0 Å². The number of ether oxygens (including phenoxy) is 1. The number of rotatable bonds is 2. The zero-order valence-electron chi connectivity index (χ0n) is 14.7. The lowest BCUT2D eigenvalue weighted by Gasteiger charge is -2.43. The molecule has 0 radical (unpaired) electrons. The standard InChI is InChI=1S/C18H19N5O3S/c24-14(10-23-11-19-13-2-8-27-15(13)17(23)25)22-5-3-18(4-6-22)16-12(1-7-26-18)9-20-21-16/h2,8-9,11H,1,3-7,10H2,(H,20,21). The molecule has 1 amide bonds. The number of nitrogens with one attached hydrogen (secondary N) is 1. The minimum absolute atomic E-state index is 0.0167. The summed E-state index contributed by atoms with van der Waals surface area (Å²) in [7, 11) is 0. The molecule has 5 heterocycles. The van der Waals surface area contributed by atoms with Gasteiger partial charge in [0.05, 0.1) is 30.3 Å². The Bertz CT molecular complexity index is 1060. The number of hydrogen-bond donors (Lipinski definition) is 1. The van der Waals surface area contributed by atoms with Crippen molar-refractivity contribution in [2.24, 2.45) is 0 Å². The molecule has 8 nitrogen and oxygen atoms in total. The van der Waals surface area contributed by atoms with Gasteiger partial charge in [0.2, 0.25) is 5.91 Å². The Morgan fingerprint density at radius 3 is 3.07 bits per heavy atom. The number of aromatic amines is 1. The van der Waals surface area contributed by atoms with Gasteiger partial charge in [-0.1, -0.05) is 0 Å². The summed E-state index contributed by atoms with van der Waals surface area (Å²) in [5.41, 5.74) is 2.43. The molecule has 140 valence electrons. The Morgan fingerprint density at radius 1 is 1.37 bits per heavy atom. The van der Waals surface area contributed by atoms with E-state index in [1.165, 1.54) is 27.8 Å². The van der Waals surface area contributed by atoms with Crippen molar-refractivity contribution < 1.29 is 9.53 Å². The molecule has 0 unspecified atom stereocenters. The van der Waals surface area contributed by atoms with Gasteiger partial charge < -0.3 is 9.64 Å². The molecule has 0 aliphatic carbocycles. The van der Waals surface area contributed by atoms with Crippen LogP contribution in [0.1, 0.15) is 24.1 Å². The molecule has 1 spiro atoms. The quantitative estimate of drug-likeness (QED) is 0.717. The second-order valence-corrected chi connectivity index (χ2v) is 7.97. The lowest BCUT2D eigenvalue weighted by molar-refractivity contribution is -0.141. The third-order valence-electron chi connectivity index (χ3n) is 5.59. The van der Waals surface area contributed by atoms with Crippen LogP contribution in [0.5, 0.6) is 0 Å². The number of aromatic nitrogens is 4. The summed E-state index contributed by atoms with van der Waals surface area (Å²) in [4.78, 5) is 31.3. The first-order chi connectivity index (χ1) is 13.2. The first-order valence-electron chi connectivity index (χ1n) is 9.03. The van der Waals surface area contributed by atoms with E-state index in [1.54, 1.807) is 0 Å². The average Bonchev–Trinajstić information content (AvgIpc) is 3.35. The van der Waals surface area contributed by atoms with Crippen molar-refractivity contribution in [2.45, 2.75) is 31.4 Å². The van der Waals surface area contributed by atoms with Gasteiger partial charge in [-0.05, 0) is 36.3 Å². The van der Waals surface area contributed by atoms with Crippen LogP contribution in [0.2, 0.25) is 0 Å². The van der Waals surface area contributed by atoms with E-state index >= 15 is 0 Å². The molecule has 0 bridgehead atoms. The average molecular weight is 385 g/mol. The van der Waals surface area contributed by atoms with Gasteiger partial charge in [0.15, 0.2) is 0 Å². The molecule has 3 aromatic rings. The zero-order valence-corrected chi connectivity index (χ0v) is 15.5. The van der Waals surface area contributed by atoms with Gasteiger partial charge in [0, 0.05) is 13.1 Å². The molecule has 27 heavy (non-hydrogen) atoms. The Morgan fingerprint density at radius 2 is 2.22 bits per heavy atom. The SMILES string of the molecule is O=C(Cn1cnc2ccsc2c1=O)N1CCC2(CC1)OCCc1cn[nH]c12. The smallest absolute Gasteiger partial charge is 0.271 e. The normalized spacial score (nSPS) is 18.7. The molecule has 0 atom stereocenters. The number of fused-ring (bicyclic) bond motifs is 3. The van der Waals surface area contributed by atoms with Crippen LogP contribution in [0.25, 0.3) is 10.2 Å². The fraction of sp³-hybridized carbons (Fsp3) is 0.444. The zero-order chi connectivity index (χ0) is 18.4. The molecule has 2 aliphatic rings. The number of likely N-dealkylation sites (tertiary alicyclic amines) is 1. The monoisotopic (exact) mass is 385 g/mol. The first kappa shape index (κ1) is 16.6. The van der Waals surface area contributed by atoms with E-state index in [0.717, 1.165) is 25.0 Å². The van der Waals surface area contributed by atoms with Crippen molar-refractivity contribution in [1.82, 2.24) is 24.6 Å². The number of nitrogens with zero attached hydrogens (tertiary/aromatic N) is 4. The summed E-state index contributed by atoms with van der Waals surface area (Å²) in [6, 6.07) is 1.81. The van der Waals surface area contributed by atoms with E-state index in [-0.39, 0.29) is 23.6 Å². The molecule has 9 heteroatoms. The molecule has 5 rings (SSSR count). The van der Waals surface area contributed by atoms with Crippen molar-refractivity contribution in [3.63, 3.8) is 0 Å². The molecule has 0 aromatic carbocycles. The highest BCUT2D eigenvalue weighted by Gasteiger charge is 2.43. The van der Waals surface area contributed by atoms with E-state index in [0.29, 0.717) is 29.9 Å². The van der Waals surface area contributed by atoms with E-state index in [2.05, 4.69) is 15.2 Å². The molecule has 1 saturated heterocycles. The summed E-state index contributed by atoms with van der Waals surface area (Å²) < 4.78 is 8.11. The topological polar surface area (TPSA) is 93.1 Å². The van der Waals surface area contributed by atoms with Crippen LogP contribution in [-0.2, 0) is 28.1 Å². The van der Waals surface area contributed by atoms with Gasteiger partial charge in [-0.25, -0.2) is 4.98 Å². The number of piperidine rings is 1. The number of thiophene rings is 1. The van der Waals surface area contributed by atoms with Gasteiger partial charge >= 0.3 is 0 Å². The summed E-state index contributed by atoms with van der Waals surface area (Å²) in [5, 5.41) is 9.09. The number of amides is 1. The molecule has 0 saturated carbocycles. The largest absolute Gasteiger partial charge is 0.368 e. The maximum absolute atomic E-state index is 12.7. The lowest BCUT2D eigenvalue weighted by Crippen LogP contribution is -2.49. The molecule has 1 fully saturated rings. The maximum atomic E-state index is 12.7. The molecule has 3 aromatic heterocycles. The number of carbonyl (C=O) groups excluding carboxylic acids is 1. The second kappa shape index (κ2) is 6.28. The van der Waals surface area contributed by atoms with Gasteiger partial charge in [0.1, 0.15) is 16.8 Å². The first-order valence-corrected chi connectivity index (χ1v) is 9.91. The van der Waals surface area contributed by atoms with Crippen molar-refractivity contribution in [3.8, 4) is 0 Å². The van der Waals surface area contributed by atoms with E-state index in [4.69, 9.17) is 4.74 Å². The third kappa shape index (κ3) is 2.69. The Labute approximate surface area is 158 Å². The molecular formula is C18H19N5O3S. The third-order valence-corrected chi connectivity index (χ3v) is 6.48. The molecule has 1 N–H and O–H groups in total. The van der Waals surface area contributed by atoms with Crippen molar-refractivity contribution in [3.05, 3.63) is 45.6 Å². The van der Waals surface area contributed by atoms with Crippen LogP contribution in [0.4, 0.5) is 0 Å². The summed E-state index contributed by atoms with van der Waals surface area (Å²) in [5.74, 6) is -0.0645. The minimum Gasteiger partial charge on any atom is -0.368 e. The molecular weight excluding hydrogens is 366 g/mol. The highest BCUT2D eigenvalue weighted by atomic mass is 32.1. The maximum Gasteiger partial charge on any atom is 0.271 e. The van der Waals surface area contributed by atoms with Gasteiger partial charge in [-0.2, -0.15) is 5.10 Å². The van der Waals surface area contributed by atoms with Crippen LogP contribution in [-0.4, -0.2) is 50.3 Å². The number of hydrogen-bond acceptors (Lipinski definition) is 6.